The molecule has 0 unspecified atom stereocenters. The number of rotatable bonds is 5. The van der Waals surface area contributed by atoms with Crippen molar-refractivity contribution in [1.82, 2.24) is 0 Å². The number of halogens is 2. The average Bonchev–Trinajstić information content (AvgIpc) is 2.17. The van der Waals surface area contributed by atoms with Gasteiger partial charge in [0.15, 0.2) is 6.79 Å². The van der Waals surface area contributed by atoms with Crippen LogP contribution < -0.4 is 4.74 Å². The molecule has 1 aromatic carbocycles. The molecule has 0 saturated carbocycles. The third kappa shape index (κ3) is 3.86. The maximum absolute atomic E-state index is 11.5. The highest BCUT2D eigenvalue weighted by Crippen LogP contribution is 2.19. The van der Waals surface area contributed by atoms with Gasteiger partial charge >= 0.3 is 6.61 Å². The largest absolute Gasteiger partial charge is 0.467 e. The second-order valence-electron chi connectivity index (χ2n) is 2.44. The predicted molar refractivity (Wildman–Crippen MR) is 45.7 cm³/mol. The number of nitro groups is 1. The summed E-state index contributed by atoms with van der Waals surface area (Å²) in [5.74, 6) is 0.102. The van der Waals surface area contributed by atoms with Gasteiger partial charge in [0.05, 0.1) is 11.0 Å². The van der Waals surface area contributed by atoms with Crippen LogP contribution >= 0.6 is 0 Å². The maximum atomic E-state index is 11.5. The molecule has 82 valence electrons. The van der Waals surface area contributed by atoms with Gasteiger partial charge in [0, 0.05) is 6.07 Å². The lowest BCUT2D eigenvalue weighted by atomic mass is 10.3. The molecule has 0 heterocycles. The summed E-state index contributed by atoms with van der Waals surface area (Å²) in [5, 5.41) is 10.3. The van der Waals surface area contributed by atoms with E-state index < -0.39 is 18.3 Å². The fourth-order valence-corrected chi connectivity index (χ4v) is 0.840. The molecule has 0 aromatic heterocycles. The molecule has 0 fully saturated rings. The first-order chi connectivity index (χ1) is 7.09. The minimum absolute atomic E-state index is 0.102. The van der Waals surface area contributed by atoms with Crippen LogP contribution in [-0.2, 0) is 4.74 Å². The lowest BCUT2D eigenvalue weighted by molar-refractivity contribution is -0.385. The minimum atomic E-state index is -2.93. The molecule has 0 bridgehead atoms. The molecule has 0 aliphatic carbocycles. The van der Waals surface area contributed by atoms with Crippen molar-refractivity contribution in [2.45, 2.75) is 6.61 Å². The Bertz CT molecular complexity index is 345. The fourth-order valence-electron chi connectivity index (χ4n) is 0.840. The molecule has 0 amide bonds. The van der Waals surface area contributed by atoms with Crippen LogP contribution in [0.2, 0.25) is 0 Å². The molecular formula is C8H7F2NO4. The monoisotopic (exact) mass is 219 g/mol. The first-order valence-corrected chi connectivity index (χ1v) is 3.86. The van der Waals surface area contributed by atoms with E-state index in [1.807, 2.05) is 0 Å². The minimum Gasteiger partial charge on any atom is -0.467 e. The highest BCUT2D eigenvalue weighted by atomic mass is 19.3. The molecular weight excluding hydrogens is 212 g/mol. The van der Waals surface area contributed by atoms with Crippen molar-refractivity contribution in [3.63, 3.8) is 0 Å². The molecule has 0 aliphatic rings. The van der Waals surface area contributed by atoms with Crippen molar-refractivity contribution in [3.05, 3.63) is 34.4 Å². The lowest BCUT2D eigenvalue weighted by Gasteiger charge is -2.05. The van der Waals surface area contributed by atoms with Crippen molar-refractivity contribution in [2.24, 2.45) is 0 Å². The second kappa shape index (κ2) is 5.20. The first-order valence-electron chi connectivity index (χ1n) is 3.86. The van der Waals surface area contributed by atoms with Gasteiger partial charge in [-0.2, -0.15) is 8.78 Å². The number of ether oxygens (including phenoxy) is 2. The summed E-state index contributed by atoms with van der Waals surface area (Å²) >= 11 is 0. The highest BCUT2D eigenvalue weighted by molar-refractivity contribution is 5.37. The van der Waals surface area contributed by atoms with E-state index in [2.05, 4.69) is 4.74 Å². The number of nitrogens with zero attached hydrogens (tertiary/aromatic N) is 1. The van der Waals surface area contributed by atoms with E-state index in [-0.39, 0.29) is 11.4 Å². The third-order valence-electron chi connectivity index (χ3n) is 1.45. The van der Waals surface area contributed by atoms with Crippen LogP contribution in [-0.4, -0.2) is 18.3 Å². The summed E-state index contributed by atoms with van der Waals surface area (Å²) in [4.78, 5) is 9.72. The molecule has 0 atom stereocenters. The summed E-state index contributed by atoms with van der Waals surface area (Å²) in [6, 6.07) is 5.17. The van der Waals surface area contributed by atoms with E-state index in [1.165, 1.54) is 18.2 Å². The normalized spacial score (nSPS) is 10.3. The van der Waals surface area contributed by atoms with Crippen molar-refractivity contribution < 1.29 is 23.2 Å². The molecule has 0 saturated heterocycles. The Hall–Kier alpha value is -1.76. The van der Waals surface area contributed by atoms with Crippen molar-refractivity contribution in [1.29, 1.82) is 0 Å². The van der Waals surface area contributed by atoms with Crippen molar-refractivity contribution >= 4 is 5.69 Å². The van der Waals surface area contributed by atoms with E-state index in [4.69, 9.17) is 4.74 Å². The molecule has 1 aromatic rings. The van der Waals surface area contributed by atoms with Gasteiger partial charge in [-0.1, -0.05) is 6.07 Å². The Morgan fingerprint density at radius 1 is 1.47 bits per heavy atom. The van der Waals surface area contributed by atoms with E-state index >= 15 is 0 Å². The SMILES string of the molecule is O=[N+]([O-])c1cccc(OCOC(F)F)c1. The van der Waals surface area contributed by atoms with Crippen LogP contribution in [0.1, 0.15) is 0 Å². The molecule has 1 rings (SSSR count). The molecule has 15 heavy (non-hydrogen) atoms. The van der Waals surface area contributed by atoms with Crippen LogP contribution in [0.25, 0.3) is 0 Å². The topological polar surface area (TPSA) is 61.6 Å². The van der Waals surface area contributed by atoms with Gasteiger partial charge in [0.2, 0.25) is 0 Å². The first kappa shape index (κ1) is 11.3. The Morgan fingerprint density at radius 3 is 2.80 bits per heavy atom. The zero-order chi connectivity index (χ0) is 11.3. The third-order valence-corrected chi connectivity index (χ3v) is 1.45. The Morgan fingerprint density at radius 2 is 2.20 bits per heavy atom. The lowest BCUT2D eigenvalue weighted by Crippen LogP contribution is -2.07. The van der Waals surface area contributed by atoms with Crippen LogP contribution in [0.15, 0.2) is 24.3 Å². The summed E-state index contributed by atoms with van der Waals surface area (Å²) in [6.45, 7) is -3.58. The van der Waals surface area contributed by atoms with E-state index in [0.717, 1.165) is 6.07 Å². The van der Waals surface area contributed by atoms with Crippen LogP contribution in [0, 0.1) is 10.1 Å². The molecule has 5 nitrogen and oxygen atoms in total. The highest BCUT2D eigenvalue weighted by Gasteiger charge is 2.07. The average molecular weight is 219 g/mol. The zero-order valence-electron chi connectivity index (χ0n) is 7.43. The molecule has 7 heteroatoms. The van der Waals surface area contributed by atoms with E-state index in [1.54, 1.807) is 0 Å². The fraction of sp³-hybridized carbons (Fsp3) is 0.250. The number of nitro benzene ring substituents is 1. The molecule has 0 spiro atoms. The van der Waals surface area contributed by atoms with Crippen LogP contribution in [0.5, 0.6) is 5.75 Å². The zero-order valence-corrected chi connectivity index (χ0v) is 7.43. The van der Waals surface area contributed by atoms with Gasteiger partial charge < -0.3 is 4.74 Å². The van der Waals surface area contributed by atoms with Gasteiger partial charge in [-0.05, 0) is 6.07 Å². The maximum Gasteiger partial charge on any atom is 0.348 e. The van der Waals surface area contributed by atoms with Gasteiger partial charge in [-0.15, -0.1) is 0 Å². The summed E-state index contributed by atoms with van der Waals surface area (Å²) in [7, 11) is 0. The van der Waals surface area contributed by atoms with Gasteiger partial charge in [0.25, 0.3) is 5.69 Å². The predicted octanol–water partition coefficient (Wildman–Crippen LogP) is 2.17. The quantitative estimate of drug-likeness (QED) is 0.432. The van der Waals surface area contributed by atoms with Gasteiger partial charge in [-0.3, -0.25) is 14.9 Å². The number of non-ortho nitro benzene ring substituents is 1. The van der Waals surface area contributed by atoms with E-state index in [0.29, 0.717) is 0 Å². The Labute approximate surface area is 83.4 Å². The Balaban J connectivity index is 2.54. The van der Waals surface area contributed by atoms with E-state index in [9.17, 15) is 18.9 Å². The number of hydrogen-bond acceptors (Lipinski definition) is 4. The summed E-state index contributed by atoms with van der Waals surface area (Å²) < 4.78 is 31.6. The number of hydrogen-bond donors (Lipinski definition) is 0. The smallest absolute Gasteiger partial charge is 0.348 e. The van der Waals surface area contributed by atoms with Crippen molar-refractivity contribution in [3.8, 4) is 5.75 Å². The van der Waals surface area contributed by atoms with Crippen molar-refractivity contribution in [2.75, 3.05) is 6.79 Å². The number of benzene rings is 1. The summed E-state index contributed by atoms with van der Waals surface area (Å²) in [6.07, 6.45) is 0. The molecule has 0 aliphatic heterocycles. The van der Waals surface area contributed by atoms with Crippen LogP contribution in [0.3, 0.4) is 0 Å². The van der Waals surface area contributed by atoms with Gasteiger partial charge in [-0.25, -0.2) is 0 Å². The van der Waals surface area contributed by atoms with Gasteiger partial charge in [0.1, 0.15) is 5.75 Å². The standard InChI is InChI=1S/C8H7F2NO4/c9-8(10)15-5-14-7-3-1-2-6(4-7)11(12)13/h1-4,8H,5H2. The summed E-state index contributed by atoms with van der Waals surface area (Å²) in [5.41, 5.74) is -0.176. The van der Waals surface area contributed by atoms with Crippen LogP contribution in [0.4, 0.5) is 14.5 Å². The second-order valence-corrected chi connectivity index (χ2v) is 2.44. The molecule has 0 radical (unpaired) electrons. The number of alkyl halides is 2. The molecule has 0 N–H and O–H groups in total. The Kier molecular flexibility index (Phi) is 3.92.